The lowest BCUT2D eigenvalue weighted by Gasteiger charge is -2.09. The van der Waals surface area contributed by atoms with Crippen molar-refractivity contribution in [2.24, 2.45) is 0 Å². The molecule has 0 aliphatic rings. The first-order valence-corrected chi connectivity index (χ1v) is 3.74. The van der Waals surface area contributed by atoms with Gasteiger partial charge in [-0.05, 0) is 17.7 Å². The van der Waals surface area contributed by atoms with Gasteiger partial charge in [-0.1, -0.05) is 30.3 Å². The van der Waals surface area contributed by atoms with Crippen molar-refractivity contribution in [2.45, 2.75) is 6.18 Å². The summed E-state index contributed by atoms with van der Waals surface area (Å²) in [7, 11) is 0. The van der Waals surface area contributed by atoms with Gasteiger partial charge in [0.25, 0.3) is 0 Å². The monoisotopic (exact) mass is 205 g/mol. The van der Waals surface area contributed by atoms with Crippen molar-refractivity contribution >= 4 is 17.7 Å². The van der Waals surface area contributed by atoms with Crippen LogP contribution in [0.4, 0.5) is 13.2 Å². The van der Waals surface area contributed by atoms with E-state index in [4.69, 9.17) is 18.2 Å². The van der Waals surface area contributed by atoms with Crippen LogP contribution in [0.15, 0.2) is 18.2 Å². The summed E-state index contributed by atoms with van der Waals surface area (Å²) in [5.74, 6) is 0. The molecule has 1 aromatic carbocycles. The lowest BCUT2D eigenvalue weighted by Crippen LogP contribution is -2.06. The predicted octanol–water partition coefficient (Wildman–Crippen LogP) is 3.80. The van der Waals surface area contributed by atoms with Gasteiger partial charge in [0, 0.05) is 5.02 Å². The highest BCUT2D eigenvalue weighted by molar-refractivity contribution is 6.30. The molecule has 13 heavy (non-hydrogen) atoms. The van der Waals surface area contributed by atoms with Crippen LogP contribution in [0.3, 0.4) is 0 Å². The van der Waals surface area contributed by atoms with Gasteiger partial charge in [0.05, 0.1) is 5.56 Å². The molecule has 0 saturated carbocycles. The van der Waals surface area contributed by atoms with Gasteiger partial charge in [0.15, 0.2) is 0 Å². The lowest BCUT2D eigenvalue weighted by atomic mass is 10.1. The fourth-order valence-electron chi connectivity index (χ4n) is 0.919. The highest BCUT2D eigenvalue weighted by Crippen LogP contribution is 2.33. The number of hydrogen-bond donors (Lipinski definition) is 0. The number of hydrogen-bond acceptors (Lipinski definition) is 0. The van der Waals surface area contributed by atoms with Crippen molar-refractivity contribution in [1.82, 2.24) is 0 Å². The lowest BCUT2D eigenvalue weighted by molar-refractivity contribution is -0.137. The molecule has 0 aromatic heterocycles. The molecule has 0 saturated heterocycles. The SMILES string of the molecule is [CH]=Cc1ccc(Cl)cc1C(F)(F)F. The standard InChI is InChI=1S/C9H5ClF3/c1-2-6-3-4-7(10)5-8(6)9(11,12)13/h1-5H. The summed E-state index contributed by atoms with van der Waals surface area (Å²) >= 11 is 5.43. The van der Waals surface area contributed by atoms with Gasteiger partial charge in [0.1, 0.15) is 0 Å². The summed E-state index contributed by atoms with van der Waals surface area (Å²) in [6, 6.07) is 3.43. The van der Waals surface area contributed by atoms with E-state index < -0.39 is 11.7 Å². The fourth-order valence-corrected chi connectivity index (χ4v) is 1.09. The van der Waals surface area contributed by atoms with Crippen LogP contribution in [0.1, 0.15) is 11.1 Å². The van der Waals surface area contributed by atoms with Crippen molar-refractivity contribution in [2.75, 3.05) is 0 Å². The Morgan fingerprint density at radius 2 is 1.92 bits per heavy atom. The molecule has 0 heterocycles. The van der Waals surface area contributed by atoms with Gasteiger partial charge < -0.3 is 0 Å². The second-order valence-electron chi connectivity index (χ2n) is 2.40. The van der Waals surface area contributed by atoms with Gasteiger partial charge >= 0.3 is 6.18 Å². The largest absolute Gasteiger partial charge is 0.417 e. The molecule has 1 radical (unpaired) electrons. The molecule has 69 valence electrons. The first-order valence-electron chi connectivity index (χ1n) is 3.37. The van der Waals surface area contributed by atoms with Crippen molar-refractivity contribution in [3.63, 3.8) is 0 Å². The third-order valence-corrected chi connectivity index (χ3v) is 1.74. The van der Waals surface area contributed by atoms with E-state index in [1.807, 2.05) is 0 Å². The van der Waals surface area contributed by atoms with Gasteiger partial charge in [-0.25, -0.2) is 0 Å². The van der Waals surface area contributed by atoms with Crippen LogP contribution in [0.25, 0.3) is 6.08 Å². The molecule has 0 aliphatic heterocycles. The van der Waals surface area contributed by atoms with E-state index in [9.17, 15) is 13.2 Å². The second-order valence-corrected chi connectivity index (χ2v) is 2.83. The molecule has 1 rings (SSSR count). The molecule has 4 heteroatoms. The third-order valence-electron chi connectivity index (χ3n) is 1.50. The summed E-state index contributed by atoms with van der Waals surface area (Å²) in [5.41, 5.74) is -0.889. The molecule has 0 spiro atoms. The zero-order valence-electron chi connectivity index (χ0n) is 6.40. The highest BCUT2D eigenvalue weighted by atomic mass is 35.5. The van der Waals surface area contributed by atoms with Gasteiger partial charge in [-0.2, -0.15) is 13.2 Å². The molecule has 0 fully saturated rings. The molecule has 0 amide bonds. The van der Waals surface area contributed by atoms with Crippen LogP contribution in [-0.2, 0) is 6.18 Å². The Hall–Kier alpha value is -0.960. The smallest absolute Gasteiger partial charge is 0.166 e. The van der Waals surface area contributed by atoms with E-state index in [-0.39, 0.29) is 10.6 Å². The maximum absolute atomic E-state index is 12.3. The van der Waals surface area contributed by atoms with Crippen LogP contribution in [0.5, 0.6) is 0 Å². The number of benzene rings is 1. The van der Waals surface area contributed by atoms with E-state index >= 15 is 0 Å². The van der Waals surface area contributed by atoms with Gasteiger partial charge in [0.2, 0.25) is 0 Å². The molecular formula is C9H5ClF3. The summed E-state index contributed by atoms with van der Waals surface area (Å²) in [6.45, 7) is 5.03. The van der Waals surface area contributed by atoms with E-state index in [2.05, 4.69) is 0 Å². The van der Waals surface area contributed by atoms with E-state index in [0.717, 1.165) is 12.1 Å². The predicted molar refractivity (Wildman–Crippen MR) is 45.2 cm³/mol. The first kappa shape index (κ1) is 10.1. The van der Waals surface area contributed by atoms with Crippen LogP contribution in [0, 0.1) is 6.58 Å². The molecule has 0 unspecified atom stereocenters. The minimum absolute atomic E-state index is 0.0397. The summed E-state index contributed by atoms with van der Waals surface area (Å²) < 4.78 is 36.8. The quantitative estimate of drug-likeness (QED) is 0.654. The van der Waals surface area contributed by atoms with E-state index in [1.54, 1.807) is 0 Å². The van der Waals surface area contributed by atoms with Crippen LogP contribution in [0.2, 0.25) is 5.02 Å². The maximum atomic E-state index is 12.3. The van der Waals surface area contributed by atoms with Crippen molar-refractivity contribution < 1.29 is 13.2 Å². The highest BCUT2D eigenvalue weighted by Gasteiger charge is 2.32. The Balaban J connectivity index is 3.32. The first-order chi connectivity index (χ1) is 5.95. The molecule has 0 aliphatic carbocycles. The molecule has 0 nitrogen and oxygen atoms in total. The molecule has 0 bridgehead atoms. The molecular weight excluding hydrogens is 201 g/mol. The van der Waals surface area contributed by atoms with Crippen LogP contribution < -0.4 is 0 Å². The number of rotatable bonds is 1. The van der Waals surface area contributed by atoms with Crippen molar-refractivity contribution in [1.29, 1.82) is 0 Å². The number of alkyl halides is 3. The van der Waals surface area contributed by atoms with Crippen molar-refractivity contribution in [3.05, 3.63) is 40.9 Å². The Labute approximate surface area is 78.6 Å². The summed E-state index contributed by atoms with van der Waals surface area (Å²) in [4.78, 5) is 0. The average molecular weight is 206 g/mol. The minimum atomic E-state index is -4.42. The Morgan fingerprint density at radius 3 is 2.38 bits per heavy atom. The Morgan fingerprint density at radius 1 is 1.31 bits per heavy atom. The number of halogens is 4. The fraction of sp³-hybridized carbons (Fsp3) is 0.111. The topological polar surface area (TPSA) is 0 Å². The third kappa shape index (κ3) is 2.25. The zero-order valence-corrected chi connectivity index (χ0v) is 7.15. The Kier molecular flexibility index (Phi) is 2.66. The van der Waals surface area contributed by atoms with E-state index in [1.165, 1.54) is 12.1 Å². The molecule has 0 atom stereocenters. The molecule has 1 aromatic rings. The maximum Gasteiger partial charge on any atom is 0.417 e. The van der Waals surface area contributed by atoms with Gasteiger partial charge in [-0.3, -0.25) is 0 Å². The second kappa shape index (κ2) is 3.42. The summed E-state index contributed by atoms with van der Waals surface area (Å²) in [6.07, 6.45) is -3.52. The normalized spacial score (nSPS) is 11.4. The van der Waals surface area contributed by atoms with E-state index in [0.29, 0.717) is 0 Å². The minimum Gasteiger partial charge on any atom is -0.166 e. The van der Waals surface area contributed by atoms with Gasteiger partial charge in [-0.15, -0.1) is 0 Å². The van der Waals surface area contributed by atoms with Crippen LogP contribution >= 0.6 is 11.6 Å². The van der Waals surface area contributed by atoms with Crippen LogP contribution in [-0.4, -0.2) is 0 Å². The average Bonchev–Trinajstić information content (AvgIpc) is 2.03. The zero-order chi connectivity index (χ0) is 10.1. The Bertz CT molecular complexity index is 328. The van der Waals surface area contributed by atoms with Crippen molar-refractivity contribution in [3.8, 4) is 0 Å². The summed E-state index contributed by atoms with van der Waals surface area (Å²) in [5, 5.41) is 0.0397. The molecule has 0 N–H and O–H groups in total.